The second-order valence-corrected chi connectivity index (χ2v) is 8.91. The second-order valence-electron chi connectivity index (χ2n) is 8.91. The Kier molecular flexibility index (Phi) is 6.73. The minimum atomic E-state index is -4.78. The molecule has 3 aromatic heterocycles. The first kappa shape index (κ1) is 26.8. The van der Waals surface area contributed by atoms with Crippen LogP contribution >= 0.6 is 0 Å². The third-order valence-corrected chi connectivity index (χ3v) is 6.43. The number of hydrogen-bond acceptors (Lipinski definition) is 7. The predicted octanol–water partition coefficient (Wildman–Crippen LogP) is 3.13. The van der Waals surface area contributed by atoms with Crippen LogP contribution in [0.3, 0.4) is 0 Å². The Balaban J connectivity index is 1.44. The van der Waals surface area contributed by atoms with Gasteiger partial charge in [-0.1, -0.05) is 12.1 Å². The molecule has 4 aromatic rings. The minimum absolute atomic E-state index is 0.0501. The van der Waals surface area contributed by atoms with Gasteiger partial charge in [-0.15, -0.1) is 0 Å². The molecule has 0 unspecified atom stereocenters. The van der Waals surface area contributed by atoms with Crippen molar-refractivity contribution in [3.63, 3.8) is 0 Å². The number of amides is 2. The molecule has 1 aromatic carbocycles. The van der Waals surface area contributed by atoms with E-state index in [1.807, 2.05) is 0 Å². The first-order valence-corrected chi connectivity index (χ1v) is 11.7. The average molecular weight is 561 g/mol. The number of nitrogens with two attached hydrogens (primary N) is 1. The van der Waals surface area contributed by atoms with Crippen molar-refractivity contribution in [2.24, 2.45) is 0 Å². The Morgan fingerprint density at radius 2 is 1.88 bits per heavy atom. The van der Waals surface area contributed by atoms with Gasteiger partial charge in [0.05, 0.1) is 36.5 Å². The number of aromatic nitrogens is 4. The molecule has 10 nitrogen and oxygen atoms in total. The molecule has 0 spiro atoms. The molecule has 0 radical (unpaired) electrons. The summed E-state index contributed by atoms with van der Waals surface area (Å²) < 4.78 is 76.2. The maximum absolute atomic E-state index is 14.9. The number of hydrogen-bond donors (Lipinski definition) is 2. The number of carbonyl (C=O) groups is 2. The number of pyridine rings is 1. The van der Waals surface area contributed by atoms with Gasteiger partial charge < -0.3 is 20.7 Å². The molecule has 1 fully saturated rings. The Morgan fingerprint density at radius 1 is 1.12 bits per heavy atom. The molecule has 1 aliphatic heterocycles. The van der Waals surface area contributed by atoms with E-state index in [4.69, 9.17) is 10.5 Å². The average Bonchev–Trinajstić information content (AvgIpc) is 3.50. The van der Waals surface area contributed by atoms with E-state index in [1.165, 1.54) is 37.6 Å². The fourth-order valence-electron chi connectivity index (χ4n) is 4.52. The molecule has 0 saturated carbocycles. The first-order valence-electron chi connectivity index (χ1n) is 11.7. The number of likely N-dealkylation sites (tertiary alicyclic amines) is 1. The molecular weight excluding hydrogens is 541 g/mol. The zero-order valence-corrected chi connectivity index (χ0v) is 20.6. The lowest BCUT2D eigenvalue weighted by atomic mass is 10.1. The van der Waals surface area contributed by atoms with Gasteiger partial charge in [0.25, 0.3) is 11.8 Å². The molecule has 5 rings (SSSR count). The van der Waals surface area contributed by atoms with E-state index < -0.39 is 52.9 Å². The summed E-state index contributed by atoms with van der Waals surface area (Å²) in [6.07, 6.45) is -4.30. The lowest BCUT2D eigenvalue weighted by Crippen LogP contribution is -2.42. The fraction of sp³-hybridized carbons (Fsp3) is 0.240. The highest BCUT2D eigenvalue weighted by atomic mass is 19.4. The van der Waals surface area contributed by atoms with Crippen LogP contribution in [-0.2, 0) is 6.18 Å². The molecule has 2 amide bonds. The number of nitrogens with one attached hydrogen (secondary N) is 1. The number of rotatable bonds is 5. The maximum atomic E-state index is 14.9. The Hall–Kier alpha value is -4.82. The molecule has 1 saturated heterocycles. The number of carbonyl (C=O) groups excluding carboxylic acids is 2. The SMILES string of the molecule is COc1ncc(-c2cc(C(F)(F)F)c3c(N)ncnn23)cc1C(=O)N[C@@H]1CN(C(=O)c2ccccc2F)C[C@@H]1F. The largest absolute Gasteiger partial charge is 0.480 e. The van der Waals surface area contributed by atoms with Gasteiger partial charge in [0.1, 0.15) is 29.4 Å². The van der Waals surface area contributed by atoms with E-state index in [9.17, 15) is 31.5 Å². The summed E-state index contributed by atoms with van der Waals surface area (Å²) in [6, 6.07) is 6.11. The summed E-state index contributed by atoms with van der Waals surface area (Å²) in [7, 11) is 1.23. The summed E-state index contributed by atoms with van der Waals surface area (Å²) in [5, 5.41) is 6.34. The number of anilines is 1. The van der Waals surface area contributed by atoms with Crippen LogP contribution in [-0.4, -0.2) is 68.7 Å². The van der Waals surface area contributed by atoms with Gasteiger partial charge in [0.15, 0.2) is 5.82 Å². The van der Waals surface area contributed by atoms with E-state index in [2.05, 4.69) is 20.4 Å². The number of fused-ring (bicyclic) bond motifs is 1. The highest BCUT2D eigenvalue weighted by Crippen LogP contribution is 2.39. The Labute approximate surface area is 222 Å². The van der Waals surface area contributed by atoms with E-state index in [-0.39, 0.29) is 41.4 Å². The molecule has 1 aliphatic rings. The topological polar surface area (TPSA) is 128 Å². The van der Waals surface area contributed by atoms with Gasteiger partial charge in [-0.05, 0) is 24.3 Å². The molecule has 0 aliphatic carbocycles. The predicted molar refractivity (Wildman–Crippen MR) is 131 cm³/mol. The number of halogens is 5. The lowest BCUT2D eigenvalue weighted by molar-refractivity contribution is -0.136. The standard InChI is InChI=1S/C25H20F5N7O3/c1-40-23-14(22(38)35-18-10-36(9-17(18)27)24(39)13-4-2-3-5-16(13)26)6-12(8-32-23)19-7-15(25(28,29)30)20-21(31)33-11-34-37(19)20/h2-8,11,17-18H,9-10H2,1H3,(H,35,38)(H2,31,33,34)/t17-,18+/m0/s1. The van der Waals surface area contributed by atoms with Crippen molar-refractivity contribution < 1.29 is 36.3 Å². The first-order chi connectivity index (χ1) is 19.0. The van der Waals surface area contributed by atoms with E-state index >= 15 is 0 Å². The van der Waals surface area contributed by atoms with Crippen molar-refractivity contribution in [2.75, 3.05) is 25.9 Å². The number of alkyl halides is 4. The van der Waals surface area contributed by atoms with Crippen LogP contribution in [0.25, 0.3) is 16.8 Å². The number of benzene rings is 1. The third-order valence-electron chi connectivity index (χ3n) is 6.43. The Morgan fingerprint density at radius 3 is 2.58 bits per heavy atom. The molecule has 4 heterocycles. The second kappa shape index (κ2) is 10.1. The van der Waals surface area contributed by atoms with Gasteiger partial charge in [0, 0.05) is 18.3 Å². The fourth-order valence-corrected chi connectivity index (χ4v) is 4.52. The number of nitrogens with zero attached hydrogens (tertiary/aromatic N) is 5. The van der Waals surface area contributed by atoms with Crippen molar-refractivity contribution in [3.05, 3.63) is 71.4 Å². The van der Waals surface area contributed by atoms with Crippen LogP contribution in [0.2, 0.25) is 0 Å². The molecule has 2 atom stereocenters. The molecule has 15 heteroatoms. The van der Waals surface area contributed by atoms with Crippen molar-refractivity contribution in [1.82, 2.24) is 29.8 Å². The van der Waals surface area contributed by atoms with Crippen molar-refractivity contribution >= 4 is 23.1 Å². The molecule has 0 bridgehead atoms. The van der Waals surface area contributed by atoms with E-state index in [1.54, 1.807) is 0 Å². The smallest absolute Gasteiger partial charge is 0.418 e. The van der Waals surface area contributed by atoms with Gasteiger partial charge in [-0.3, -0.25) is 9.59 Å². The number of ether oxygens (including phenoxy) is 1. The highest BCUT2D eigenvalue weighted by Gasteiger charge is 2.39. The van der Waals surface area contributed by atoms with Crippen LogP contribution in [0.5, 0.6) is 5.88 Å². The number of methoxy groups -OCH3 is 1. The van der Waals surface area contributed by atoms with Gasteiger partial charge in [-0.25, -0.2) is 23.3 Å². The quantitative estimate of drug-likeness (QED) is 0.359. The third kappa shape index (κ3) is 4.74. The van der Waals surface area contributed by atoms with Crippen molar-refractivity contribution in [1.29, 1.82) is 0 Å². The zero-order chi connectivity index (χ0) is 28.8. The van der Waals surface area contributed by atoms with Gasteiger partial charge >= 0.3 is 6.18 Å². The van der Waals surface area contributed by atoms with Crippen LogP contribution in [0.15, 0.2) is 48.9 Å². The summed E-state index contributed by atoms with van der Waals surface area (Å²) in [6.45, 7) is -0.630. The molecule has 3 N–H and O–H groups in total. The molecular formula is C25H20F5N7O3. The van der Waals surface area contributed by atoms with Gasteiger partial charge in [-0.2, -0.15) is 18.3 Å². The zero-order valence-electron chi connectivity index (χ0n) is 20.6. The van der Waals surface area contributed by atoms with E-state index in [0.29, 0.717) is 0 Å². The highest BCUT2D eigenvalue weighted by molar-refractivity contribution is 5.98. The van der Waals surface area contributed by atoms with Crippen LogP contribution < -0.4 is 15.8 Å². The molecule has 208 valence electrons. The summed E-state index contributed by atoms with van der Waals surface area (Å²) in [5.41, 5.74) is 3.64. The lowest BCUT2D eigenvalue weighted by Gasteiger charge is -2.17. The van der Waals surface area contributed by atoms with Crippen LogP contribution in [0.4, 0.5) is 27.8 Å². The summed E-state index contributed by atoms with van der Waals surface area (Å²) in [5.74, 6) is -2.94. The van der Waals surface area contributed by atoms with Gasteiger partial charge in [0.2, 0.25) is 5.88 Å². The summed E-state index contributed by atoms with van der Waals surface area (Å²) in [4.78, 5) is 34.6. The Bertz CT molecular complexity index is 1620. The van der Waals surface area contributed by atoms with Crippen LogP contribution in [0, 0.1) is 5.82 Å². The monoisotopic (exact) mass is 561 g/mol. The van der Waals surface area contributed by atoms with E-state index in [0.717, 1.165) is 27.9 Å². The molecule has 40 heavy (non-hydrogen) atoms. The van der Waals surface area contributed by atoms with Crippen molar-refractivity contribution in [2.45, 2.75) is 18.4 Å². The minimum Gasteiger partial charge on any atom is -0.480 e. The van der Waals surface area contributed by atoms with Crippen LogP contribution in [0.1, 0.15) is 26.3 Å². The number of nitrogen functional groups attached to an aromatic ring is 1. The van der Waals surface area contributed by atoms with Crippen molar-refractivity contribution in [3.8, 4) is 17.1 Å². The summed E-state index contributed by atoms with van der Waals surface area (Å²) >= 11 is 0. The maximum Gasteiger partial charge on any atom is 0.418 e. The normalized spacial score (nSPS) is 17.3.